The minimum Gasteiger partial charge on any atom is -0.497 e. The molecule has 0 unspecified atom stereocenters. The summed E-state index contributed by atoms with van der Waals surface area (Å²) in [5, 5.41) is 0. The van der Waals surface area contributed by atoms with E-state index >= 15 is 0 Å². The van der Waals surface area contributed by atoms with E-state index in [-0.39, 0.29) is 11.9 Å². The van der Waals surface area contributed by atoms with Gasteiger partial charge in [-0.25, -0.2) is 0 Å². The van der Waals surface area contributed by atoms with Gasteiger partial charge in [-0.05, 0) is 73.2 Å². The molecule has 0 bridgehead atoms. The van der Waals surface area contributed by atoms with E-state index in [0.29, 0.717) is 26.2 Å². The second kappa shape index (κ2) is 10.0. The molecule has 1 aliphatic carbocycles. The lowest BCUT2D eigenvalue weighted by molar-refractivity contribution is -0.143. The van der Waals surface area contributed by atoms with Gasteiger partial charge in [-0.2, -0.15) is 0 Å². The van der Waals surface area contributed by atoms with E-state index in [4.69, 9.17) is 18.9 Å². The van der Waals surface area contributed by atoms with Crippen LogP contribution in [0.25, 0.3) is 0 Å². The molecule has 1 aliphatic rings. The Bertz CT molecular complexity index is 769. The van der Waals surface area contributed by atoms with Crippen LogP contribution in [0, 0.1) is 0 Å². The highest BCUT2D eigenvalue weighted by atomic mass is 16.5. The highest BCUT2D eigenvalue weighted by Crippen LogP contribution is 2.37. The van der Waals surface area contributed by atoms with Crippen molar-refractivity contribution in [3.63, 3.8) is 0 Å². The van der Waals surface area contributed by atoms with E-state index in [9.17, 15) is 4.79 Å². The van der Waals surface area contributed by atoms with Crippen molar-refractivity contribution < 1.29 is 23.7 Å². The van der Waals surface area contributed by atoms with Crippen LogP contribution in [0.4, 0.5) is 0 Å². The number of benzene rings is 2. The van der Waals surface area contributed by atoms with Crippen molar-refractivity contribution in [2.24, 2.45) is 0 Å². The second-order valence-corrected chi connectivity index (χ2v) is 6.83. The van der Waals surface area contributed by atoms with Crippen molar-refractivity contribution in [1.29, 1.82) is 0 Å². The second-order valence-electron chi connectivity index (χ2n) is 6.83. The fourth-order valence-electron chi connectivity index (χ4n) is 3.52. The highest BCUT2D eigenvalue weighted by molar-refractivity contribution is 5.71. The number of carbonyl (C=O) groups is 1. The Kier molecular flexibility index (Phi) is 7.18. The van der Waals surface area contributed by atoms with Crippen molar-refractivity contribution in [2.75, 3.05) is 26.9 Å². The molecular weight excluding hydrogens is 356 g/mol. The predicted octanol–water partition coefficient (Wildman–Crippen LogP) is 4.53. The standard InChI is InChI=1S/C23H28O5/c1-3-26-23(24)16-18-6-5-17-15-21(11-12-22(17)18)28-14-4-13-27-20-9-7-19(25-2)8-10-20/h7-12,15,18H,3-6,13-14,16H2,1-2H3/t18-/m0/s1. The van der Waals surface area contributed by atoms with Crippen molar-refractivity contribution >= 4 is 5.97 Å². The van der Waals surface area contributed by atoms with Crippen LogP contribution in [0.3, 0.4) is 0 Å². The molecule has 28 heavy (non-hydrogen) atoms. The first kappa shape index (κ1) is 20.1. The molecule has 2 aromatic rings. The van der Waals surface area contributed by atoms with E-state index < -0.39 is 0 Å². The molecular formula is C23H28O5. The minimum atomic E-state index is -0.113. The molecule has 150 valence electrons. The molecule has 3 rings (SSSR count). The summed E-state index contributed by atoms with van der Waals surface area (Å²) in [7, 11) is 1.65. The number of ether oxygens (including phenoxy) is 4. The maximum absolute atomic E-state index is 11.7. The van der Waals surface area contributed by atoms with E-state index in [2.05, 4.69) is 12.1 Å². The number of hydrogen-bond acceptors (Lipinski definition) is 5. The van der Waals surface area contributed by atoms with Gasteiger partial charge in [0.25, 0.3) is 0 Å². The van der Waals surface area contributed by atoms with E-state index in [1.54, 1.807) is 7.11 Å². The van der Waals surface area contributed by atoms with E-state index in [0.717, 1.165) is 36.5 Å². The lowest BCUT2D eigenvalue weighted by Crippen LogP contribution is -2.08. The lowest BCUT2D eigenvalue weighted by Gasteiger charge is -2.12. The fourth-order valence-corrected chi connectivity index (χ4v) is 3.52. The van der Waals surface area contributed by atoms with Crippen LogP contribution in [-0.4, -0.2) is 32.9 Å². The van der Waals surface area contributed by atoms with Gasteiger partial charge >= 0.3 is 5.97 Å². The molecule has 0 saturated carbocycles. The average Bonchev–Trinajstić information content (AvgIpc) is 3.10. The zero-order valence-corrected chi connectivity index (χ0v) is 16.6. The predicted molar refractivity (Wildman–Crippen MR) is 107 cm³/mol. The number of hydrogen-bond donors (Lipinski definition) is 0. The summed E-state index contributed by atoms with van der Waals surface area (Å²) in [5.41, 5.74) is 2.53. The molecule has 0 spiro atoms. The topological polar surface area (TPSA) is 54.0 Å². The summed E-state index contributed by atoms with van der Waals surface area (Å²) in [4.78, 5) is 11.7. The van der Waals surface area contributed by atoms with Gasteiger partial charge in [0.15, 0.2) is 0 Å². The Balaban J connectivity index is 1.41. The lowest BCUT2D eigenvalue weighted by atomic mass is 9.98. The van der Waals surface area contributed by atoms with E-state index in [1.807, 2.05) is 37.3 Å². The molecule has 0 heterocycles. The number of aryl methyl sites for hydroxylation is 1. The number of esters is 1. The maximum atomic E-state index is 11.7. The van der Waals surface area contributed by atoms with Crippen LogP contribution < -0.4 is 14.2 Å². The Morgan fingerprint density at radius 1 is 1.00 bits per heavy atom. The third-order valence-corrected chi connectivity index (χ3v) is 4.92. The van der Waals surface area contributed by atoms with Crippen LogP contribution >= 0.6 is 0 Å². The highest BCUT2D eigenvalue weighted by Gasteiger charge is 2.25. The number of rotatable bonds is 10. The molecule has 5 nitrogen and oxygen atoms in total. The molecule has 0 radical (unpaired) electrons. The Labute approximate surface area is 166 Å². The third kappa shape index (κ3) is 5.41. The molecule has 2 aromatic carbocycles. The molecule has 0 fully saturated rings. The zero-order chi connectivity index (χ0) is 19.8. The molecule has 5 heteroatoms. The number of fused-ring (bicyclic) bond motifs is 1. The SMILES string of the molecule is CCOC(=O)C[C@@H]1CCc2cc(OCCCOc3ccc(OC)cc3)ccc21. The van der Waals surface area contributed by atoms with Crippen molar-refractivity contribution in [3.8, 4) is 17.2 Å². The van der Waals surface area contributed by atoms with Gasteiger partial charge in [0.1, 0.15) is 17.2 Å². The summed E-state index contributed by atoms with van der Waals surface area (Å²) >= 11 is 0. The maximum Gasteiger partial charge on any atom is 0.306 e. The van der Waals surface area contributed by atoms with Crippen LogP contribution in [-0.2, 0) is 16.0 Å². The fraction of sp³-hybridized carbons (Fsp3) is 0.435. The van der Waals surface area contributed by atoms with Crippen molar-refractivity contribution in [2.45, 2.75) is 38.5 Å². The van der Waals surface area contributed by atoms with Gasteiger partial charge in [0, 0.05) is 6.42 Å². The molecule has 0 amide bonds. The van der Waals surface area contributed by atoms with Gasteiger partial charge in [0.05, 0.1) is 33.4 Å². The first-order chi connectivity index (χ1) is 13.7. The number of carbonyl (C=O) groups excluding carboxylic acids is 1. The summed E-state index contributed by atoms with van der Waals surface area (Å²) in [6.07, 6.45) is 3.24. The van der Waals surface area contributed by atoms with Gasteiger partial charge in [-0.1, -0.05) is 6.07 Å². The zero-order valence-electron chi connectivity index (χ0n) is 16.6. The number of methoxy groups -OCH3 is 1. The van der Waals surface area contributed by atoms with Gasteiger partial charge in [-0.15, -0.1) is 0 Å². The summed E-state index contributed by atoms with van der Waals surface area (Å²) in [5.74, 6) is 2.67. The van der Waals surface area contributed by atoms with Crippen molar-refractivity contribution in [1.82, 2.24) is 0 Å². The molecule has 0 N–H and O–H groups in total. The van der Waals surface area contributed by atoms with Gasteiger partial charge < -0.3 is 18.9 Å². The summed E-state index contributed by atoms with van der Waals surface area (Å²) in [6, 6.07) is 13.7. The van der Waals surface area contributed by atoms with E-state index in [1.165, 1.54) is 11.1 Å². The molecule has 0 saturated heterocycles. The minimum absolute atomic E-state index is 0.113. The summed E-state index contributed by atoms with van der Waals surface area (Å²) < 4.78 is 21.8. The monoisotopic (exact) mass is 384 g/mol. The average molecular weight is 384 g/mol. The Hall–Kier alpha value is -2.69. The smallest absolute Gasteiger partial charge is 0.306 e. The molecule has 0 aliphatic heterocycles. The third-order valence-electron chi connectivity index (χ3n) is 4.92. The normalized spacial score (nSPS) is 15.0. The van der Waals surface area contributed by atoms with Gasteiger partial charge in [-0.3, -0.25) is 4.79 Å². The quantitative estimate of drug-likeness (QED) is 0.445. The Morgan fingerprint density at radius 3 is 2.39 bits per heavy atom. The van der Waals surface area contributed by atoms with Crippen LogP contribution in [0.5, 0.6) is 17.2 Å². The first-order valence-electron chi connectivity index (χ1n) is 9.87. The molecule has 0 aromatic heterocycles. The molecule has 1 atom stereocenters. The Morgan fingerprint density at radius 2 is 1.68 bits per heavy atom. The first-order valence-corrected chi connectivity index (χ1v) is 9.87. The van der Waals surface area contributed by atoms with Crippen LogP contribution in [0.1, 0.15) is 43.2 Å². The van der Waals surface area contributed by atoms with Crippen LogP contribution in [0.15, 0.2) is 42.5 Å². The van der Waals surface area contributed by atoms with Crippen molar-refractivity contribution in [3.05, 3.63) is 53.6 Å². The summed E-state index contributed by atoms with van der Waals surface area (Å²) in [6.45, 7) is 3.47. The van der Waals surface area contributed by atoms with Crippen LogP contribution in [0.2, 0.25) is 0 Å². The van der Waals surface area contributed by atoms with Gasteiger partial charge in [0.2, 0.25) is 0 Å². The largest absolute Gasteiger partial charge is 0.497 e.